The van der Waals surface area contributed by atoms with Crippen LogP contribution in [0, 0.1) is 20.8 Å². The van der Waals surface area contributed by atoms with Crippen molar-refractivity contribution in [2.24, 2.45) is 0 Å². The van der Waals surface area contributed by atoms with Crippen LogP contribution in [-0.4, -0.2) is 37.9 Å². The summed E-state index contributed by atoms with van der Waals surface area (Å²) in [7, 11) is 0. The van der Waals surface area contributed by atoms with Gasteiger partial charge in [0.25, 0.3) is 0 Å². The first-order chi connectivity index (χ1) is 21.3. The molecule has 236 valence electrons. The molecule has 0 aliphatic carbocycles. The first-order valence-electron chi connectivity index (χ1n) is 16.7. The fourth-order valence-electron chi connectivity index (χ4n) is 6.54. The summed E-state index contributed by atoms with van der Waals surface area (Å²) in [5.41, 5.74) is 8.65. The van der Waals surface area contributed by atoms with E-state index in [1.807, 2.05) is 0 Å². The van der Waals surface area contributed by atoms with Gasteiger partial charge in [-0.3, -0.25) is 0 Å². The maximum absolute atomic E-state index is 5.57. The molecule has 5 heteroatoms. The Hall–Kier alpha value is -3.12. The number of hydrogen-bond donors (Lipinski definition) is 0. The average molecular weight is 708 g/mol. The van der Waals surface area contributed by atoms with Crippen molar-refractivity contribution in [2.45, 2.75) is 104 Å². The zero-order valence-electron chi connectivity index (χ0n) is 29.3. The van der Waals surface area contributed by atoms with Crippen LogP contribution in [0.25, 0.3) is 0 Å². The molecule has 0 saturated carbocycles. The number of nitrogens with zero attached hydrogens (tertiary/aromatic N) is 4. The molecule has 0 atom stereocenters. The molecule has 5 rings (SSSR count). The molecule has 0 amide bonds. The molecule has 5 aromatic rings. The first kappa shape index (κ1) is 33.2. The van der Waals surface area contributed by atoms with E-state index < -0.39 is 18.4 Å². The maximum atomic E-state index is 5.57. The zero-order valence-corrected chi connectivity index (χ0v) is 32.1. The van der Waals surface area contributed by atoms with Crippen molar-refractivity contribution in [1.82, 2.24) is 19.6 Å². The molecule has 2 aromatic heterocycles. The molecule has 0 spiro atoms. The molecule has 3 aromatic carbocycles. The van der Waals surface area contributed by atoms with E-state index in [9.17, 15) is 0 Å². The summed E-state index contributed by atoms with van der Waals surface area (Å²) >= 11 is -4.20. The Morgan fingerprint density at radius 3 is 0.978 bits per heavy atom. The summed E-state index contributed by atoms with van der Waals surface area (Å²) in [5.74, 6) is 1.24. The second-order valence-electron chi connectivity index (χ2n) is 14.3. The molecule has 0 saturated heterocycles. The Kier molecular flexibility index (Phi) is 9.84. The molecule has 0 aliphatic heterocycles. The molecule has 0 radical (unpaired) electrons. The van der Waals surface area contributed by atoms with E-state index in [0.29, 0.717) is 23.7 Å². The molecule has 0 fully saturated rings. The quantitative estimate of drug-likeness (QED) is 0.137. The predicted octanol–water partition coefficient (Wildman–Crippen LogP) is 8.25. The molecule has 4 nitrogen and oxygen atoms in total. The van der Waals surface area contributed by atoms with Gasteiger partial charge in [-0.1, -0.05) is 0 Å². The van der Waals surface area contributed by atoms with Crippen LogP contribution in [-0.2, 0) is 0 Å². The average Bonchev–Trinajstić information content (AvgIpc) is 3.64. The van der Waals surface area contributed by atoms with Gasteiger partial charge in [-0.2, -0.15) is 0 Å². The number of aryl methyl sites for hydroxylation is 3. The third kappa shape index (κ3) is 6.32. The summed E-state index contributed by atoms with van der Waals surface area (Å²) in [6.45, 7) is 24.8. The van der Waals surface area contributed by atoms with Gasteiger partial charge in [0.15, 0.2) is 0 Å². The fourth-order valence-corrected chi connectivity index (χ4v) is 21.2. The van der Waals surface area contributed by atoms with Gasteiger partial charge < -0.3 is 0 Å². The van der Waals surface area contributed by atoms with E-state index in [4.69, 9.17) is 10.2 Å². The van der Waals surface area contributed by atoms with E-state index in [-0.39, 0.29) is 4.18 Å². The second kappa shape index (κ2) is 13.3. The van der Waals surface area contributed by atoms with Crippen molar-refractivity contribution in [3.63, 3.8) is 0 Å². The predicted molar refractivity (Wildman–Crippen MR) is 193 cm³/mol. The first-order valence-corrected chi connectivity index (χ1v) is 22.7. The fraction of sp³-hybridized carbons (Fsp3) is 0.400. The molecule has 0 aliphatic rings. The van der Waals surface area contributed by atoms with Gasteiger partial charge in [-0.25, -0.2) is 0 Å². The van der Waals surface area contributed by atoms with Crippen molar-refractivity contribution in [3.05, 3.63) is 124 Å². The van der Waals surface area contributed by atoms with E-state index in [2.05, 4.69) is 170 Å². The van der Waals surface area contributed by atoms with Gasteiger partial charge in [0.2, 0.25) is 0 Å². The van der Waals surface area contributed by atoms with Crippen molar-refractivity contribution in [3.8, 4) is 0 Å². The van der Waals surface area contributed by atoms with Gasteiger partial charge in [0, 0.05) is 0 Å². The van der Waals surface area contributed by atoms with Crippen LogP contribution in [0.5, 0.6) is 0 Å². The Morgan fingerprint density at radius 1 is 0.444 bits per heavy atom. The van der Waals surface area contributed by atoms with Crippen LogP contribution < -0.4 is 10.7 Å². The van der Waals surface area contributed by atoms with Crippen LogP contribution in [0.1, 0.15) is 123 Å². The summed E-state index contributed by atoms with van der Waals surface area (Å²) in [6, 6.07) is 33.1. The van der Waals surface area contributed by atoms with Gasteiger partial charge in [-0.15, -0.1) is 0 Å². The molecule has 0 N–H and O–H groups in total. The molecular formula is C40H52N4Sn. The molecule has 0 unspecified atom stereocenters. The van der Waals surface area contributed by atoms with Gasteiger partial charge in [0.1, 0.15) is 0 Å². The minimum atomic E-state index is -4.20. The Morgan fingerprint density at radius 2 is 0.733 bits per heavy atom. The summed E-state index contributed by atoms with van der Waals surface area (Å²) in [5, 5.41) is 11.1. The van der Waals surface area contributed by atoms with Gasteiger partial charge >= 0.3 is 277 Å². The van der Waals surface area contributed by atoms with Crippen molar-refractivity contribution >= 4 is 29.1 Å². The monoisotopic (exact) mass is 708 g/mol. The topological polar surface area (TPSA) is 35.6 Å². The molecule has 0 bridgehead atoms. The molecule has 2 heterocycles. The molecule has 45 heavy (non-hydrogen) atoms. The zero-order chi connectivity index (χ0) is 32.6. The van der Waals surface area contributed by atoms with E-state index >= 15 is 0 Å². The summed E-state index contributed by atoms with van der Waals surface area (Å²) < 4.78 is 9.04. The standard InChI is InChI=1S/C19H31N4.3C7H7.Sn/c1-12(2)16-9-18(14(5)6)22(20-16)11-23-19(15(7)8)10-17(21-23)13(3)4;3*1-7-5-3-2-4-6-7;/h9-15H,1-8H3;3*3-6H,1H3;. The van der Waals surface area contributed by atoms with Gasteiger partial charge in [-0.05, 0) is 0 Å². The molecular weight excluding hydrogens is 655 g/mol. The van der Waals surface area contributed by atoms with E-state index in [1.165, 1.54) is 38.8 Å². The van der Waals surface area contributed by atoms with Crippen molar-refractivity contribution in [2.75, 3.05) is 0 Å². The van der Waals surface area contributed by atoms with Crippen LogP contribution in [0.4, 0.5) is 0 Å². The van der Waals surface area contributed by atoms with E-state index in [0.717, 1.165) is 11.4 Å². The Bertz CT molecular complexity index is 1550. The number of benzene rings is 3. The third-order valence-electron chi connectivity index (χ3n) is 9.30. The second-order valence-corrected chi connectivity index (χ2v) is 25.3. The number of hydrogen-bond acceptors (Lipinski definition) is 2. The summed E-state index contributed by atoms with van der Waals surface area (Å²) in [6.07, 6.45) is 0. The van der Waals surface area contributed by atoms with Crippen LogP contribution in [0.2, 0.25) is 0 Å². The van der Waals surface area contributed by atoms with Crippen LogP contribution in [0.15, 0.2) is 84.9 Å². The SMILES string of the molecule is Cc1cc[c]([Sn]([c]2ccc(C)cc2)([c]2ccc(C)cc2)[CH](n2nc(C(C)C)cc2C(C)C)n2nc(C(C)C)cc2C(C)C)cc1. The normalized spacial score (nSPS) is 12.4. The Labute approximate surface area is 275 Å². The number of aromatic nitrogens is 4. The summed E-state index contributed by atoms with van der Waals surface area (Å²) in [4.78, 5) is 0. The Balaban J connectivity index is 2.06. The third-order valence-corrected chi connectivity index (χ3v) is 23.6. The van der Waals surface area contributed by atoms with E-state index in [1.54, 1.807) is 0 Å². The van der Waals surface area contributed by atoms with Gasteiger partial charge in [0.05, 0.1) is 0 Å². The number of rotatable bonds is 10. The van der Waals surface area contributed by atoms with Crippen molar-refractivity contribution in [1.29, 1.82) is 0 Å². The van der Waals surface area contributed by atoms with Crippen molar-refractivity contribution < 1.29 is 0 Å². The minimum absolute atomic E-state index is 0.109. The van der Waals surface area contributed by atoms with Crippen LogP contribution in [0.3, 0.4) is 0 Å². The van der Waals surface area contributed by atoms with Crippen LogP contribution >= 0.6 is 0 Å².